The number of ether oxygens (including phenoxy) is 2. The molecule has 39 heavy (non-hydrogen) atoms. The number of rotatable bonds is 10. The summed E-state index contributed by atoms with van der Waals surface area (Å²) in [5.74, 6) is -3.48. The highest BCUT2D eigenvalue weighted by Crippen LogP contribution is 2.32. The number of carbonyl (C=O) groups excluding carboxylic acids is 4. The van der Waals surface area contributed by atoms with Crippen LogP contribution in [0.3, 0.4) is 0 Å². The third-order valence-corrected chi connectivity index (χ3v) is 6.40. The Labute approximate surface area is 225 Å². The highest BCUT2D eigenvalue weighted by Gasteiger charge is 2.39. The summed E-state index contributed by atoms with van der Waals surface area (Å²) in [4.78, 5) is 62.6. The van der Waals surface area contributed by atoms with Gasteiger partial charge in [-0.2, -0.15) is 4.57 Å². The lowest BCUT2D eigenvalue weighted by atomic mass is 9.85. The van der Waals surface area contributed by atoms with E-state index in [1.165, 1.54) is 30.9 Å². The van der Waals surface area contributed by atoms with Gasteiger partial charge in [-0.3, -0.25) is 19.2 Å². The Morgan fingerprint density at radius 1 is 1.10 bits per heavy atom. The van der Waals surface area contributed by atoms with Crippen molar-refractivity contribution in [2.75, 3.05) is 20.2 Å². The number of likely N-dealkylation sites (tertiary alicyclic amines) is 1. The van der Waals surface area contributed by atoms with Gasteiger partial charge in [-0.25, -0.2) is 4.79 Å². The molecule has 0 aliphatic carbocycles. The summed E-state index contributed by atoms with van der Waals surface area (Å²) >= 11 is 0. The number of piperidine rings is 1. The first-order valence-electron chi connectivity index (χ1n) is 12.6. The summed E-state index contributed by atoms with van der Waals surface area (Å²) in [6.45, 7) is 1.15. The SMILES string of the molecule is COC(=O)C(c1ccccc1)C1CCCCN1C(=O)OC[n+]1cccc(C(=O)NCC(=O)NC(C)C(=O)O)c1. The standard InChI is InChI=1S/C27H32N4O8/c1-18(25(34)35)29-22(32)15-28-24(33)20-11-8-13-30(16-20)17-39-27(37)31-14-7-6-12-21(31)23(26(36)38-2)19-9-4-3-5-10-19/h3-5,8-11,13,16,18,21,23H,6-7,12,14-15,17H2,1-2H3,(H2-,28,29,32,33,34,35)/p+1. The third kappa shape index (κ3) is 8.00. The Morgan fingerprint density at radius 2 is 1.85 bits per heavy atom. The number of carboxylic acids is 1. The van der Waals surface area contributed by atoms with Crippen molar-refractivity contribution in [3.63, 3.8) is 0 Å². The van der Waals surface area contributed by atoms with Gasteiger partial charge in [0, 0.05) is 12.6 Å². The van der Waals surface area contributed by atoms with Crippen LogP contribution in [0.5, 0.6) is 0 Å². The van der Waals surface area contributed by atoms with E-state index in [0.717, 1.165) is 18.4 Å². The minimum Gasteiger partial charge on any atom is -0.480 e. The van der Waals surface area contributed by atoms with E-state index < -0.39 is 54.4 Å². The number of aliphatic carboxylic acids is 1. The van der Waals surface area contributed by atoms with Crippen LogP contribution in [-0.4, -0.2) is 72.1 Å². The molecule has 1 aliphatic rings. The molecular weight excluding hydrogens is 508 g/mol. The minimum atomic E-state index is -1.19. The number of methoxy groups -OCH3 is 1. The van der Waals surface area contributed by atoms with Gasteiger partial charge in [0.1, 0.15) is 17.5 Å². The quantitative estimate of drug-likeness (QED) is 0.299. The molecule has 1 saturated heterocycles. The predicted molar refractivity (Wildman–Crippen MR) is 136 cm³/mol. The molecule has 3 amide bonds. The van der Waals surface area contributed by atoms with Gasteiger partial charge in [-0.1, -0.05) is 30.3 Å². The van der Waals surface area contributed by atoms with Gasteiger partial charge in [0.25, 0.3) is 12.6 Å². The summed E-state index contributed by atoms with van der Waals surface area (Å²) in [7, 11) is 1.33. The van der Waals surface area contributed by atoms with Gasteiger partial charge < -0.3 is 30.1 Å². The fraction of sp³-hybridized carbons (Fsp3) is 0.407. The molecule has 3 N–H and O–H groups in total. The Morgan fingerprint density at radius 3 is 2.54 bits per heavy atom. The number of hydrogen-bond acceptors (Lipinski definition) is 7. The number of aromatic nitrogens is 1. The topological polar surface area (TPSA) is 155 Å². The van der Waals surface area contributed by atoms with E-state index in [1.54, 1.807) is 17.2 Å². The molecule has 3 unspecified atom stereocenters. The van der Waals surface area contributed by atoms with E-state index in [9.17, 15) is 24.0 Å². The number of carbonyl (C=O) groups is 5. The van der Waals surface area contributed by atoms with E-state index in [2.05, 4.69) is 10.6 Å². The number of nitrogens with zero attached hydrogens (tertiary/aromatic N) is 2. The first kappa shape index (κ1) is 29.1. The van der Waals surface area contributed by atoms with Crippen LogP contribution in [0, 0.1) is 0 Å². The molecule has 1 aromatic heterocycles. The monoisotopic (exact) mass is 541 g/mol. The zero-order chi connectivity index (χ0) is 28.4. The fourth-order valence-electron chi connectivity index (χ4n) is 4.40. The van der Waals surface area contributed by atoms with E-state index in [-0.39, 0.29) is 12.3 Å². The Kier molecular flexibility index (Phi) is 10.4. The van der Waals surface area contributed by atoms with Gasteiger partial charge in [-0.05, 0) is 37.8 Å². The summed E-state index contributed by atoms with van der Waals surface area (Å²) in [5, 5.41) is 13.5. The van der Waals surface area contributed by atoms with Crippen LogP contribution in [-0.2, 0) is 30.6 Å². The van der Waals surface area contributed by atoms with Crippen molar-refractivity contribution in [3.05, 3.63) is 66.0 Å². The summed E-state index contributed by atoms with van der Waals surface area (Å²) < 4.78 is 12.1. The molecule has 208 valence electrons. The molecular formula is C27H33N4O8+. The second-order valence-corrected chi connectivity index (χ2v) is 9.12. The van der Waals surface area contributed by atoms with Crippen molar-refractivity contribution < 1.29 is 43.1 Å². The van der Waals surface area contributed by atoms with Crippen molar-refractivity contribution in [2.24, 2.45) is 0 Å². The third-order valence-electron chi connectivity index (χ3n) is 6.40. The van der Waals surface area contributed by atoms with Crippen LogP contribution in [0.2, 0.25) is 0 Å². The minimum absolute atomic E-state index is 0.186. The van der Waals surface area contributed by atoms with Crippen molar-refractivity contribution in [1.29, 1.82) is 0 Å². The highest BCUT2D eigenvalue weighted by molar-refractivity contribution is 5.96. The highest BCUT2D eigenvalue weighted by atomic mass is 16.6. The van der Waals surface area contributed by atoms with Gasteiger partial charge in [0.2, 0.25) is 5.91 Å². The number of amides is 3. The average Bonchev–Trinajstić information content (AvgIpc) is 2.95. The molecule has 0 saturated carbocycles. The average molecular weight is 542 g/mol. The smallest absolute Gasteiger partial charge is 0.414 e. The maximum absolute atomic E-state index is 13.1. The molecule has 2 heterocycles. The molecule has 0 radical (unpaired) electrons. The summed E-state index contributed by atoms with van der Waals surface area (Å²) in [6.07, 6.45) is 4.72. The van der Waals surface area contributed by atoms with Crippen molar-refractivity contribution >= 4 is 29.8 Å². The maximum atomic E-state index is 13.1. The Bertz CT molecular complexity index is 1190. The van der Waals surface area contributed by atoms with Gasteiger partial charge in [-0.15, -0.1) is 0 Å². The van der Waals surface area contributed by atoms with Gasteiger partial charge in [0.15, 0.2) is 12.4 Å². The lowest BCUT2D eigenvalue weighted by molar-refractivity contribution is -0.727. The van der Waals surface area contributed by atoms with E-state index in [0.29, 0.717) is 13.0 Å². The lowest BCUT2D eigenvalue weighted by Gasteiger charge is -2.38. The molecule has 12 heteroatoms. The Balaban J connectivity index is 1.63. The first-order valence-corrected chi connectivity index (χ1v) is 12.6. The van der Waals surface area contributed by atoms with Gasteiger partial charge >= 0.3 is 18.0 Å². The largest absolute Gasteiger partial charge is 0.480 e. The van der Waals surface area contributed by atoms with Crippen molar-refractivity contribution in [3.8, 4) is 0 Å². The maximum Gasteiger partial charge on any atom is 0.414 e. The van der Waals surface area contributed by atoms with Crippen LogP contribution in [0.15, 0.2) is 54.9 Å². The number of hydrogen-bond donors (Lipinski definition) is 3. The zero-order valence-electron chi connectivity index (χ0n) is 21.9. The second kappa shape index (κ2) is 13.9. The van der Waals surface area contributed by atoms with E-state index in [4.69, 9.17) is 14.6 Å². The molecule has 0 bridgehead atoms. The number of carboxylic acid groups (broad SMARTS) is 1. The van der Waals surface area contributed by atoms with Crippen molar-refractivity contribution in [2.45, 2.75) is 50.9 Å². The van der Waals surface area contributed by atoms with Crippen LogP contribution in [0.4, 0.5) is 4.79 Å². The first-order chi connectivity index (χ1) is 18.7. The number of pyridine rings is 1. The molecule has 1 aliphatic heterocycles. The molecule has 3 atom stereocenters. The van der Waals surface area contributed by atoms with Gasteiger partial charge in [0.05, 0.1) is 19.7 Å². The summed E-state index contributed by atoms with van der Waals surface area (Å²) in [6, 6.07) is 10.8. The van der Waals surface area contributed by atoms with Crippen LogP contribution in [0.25, 0.3) is 0 Å². The molecule has 12 nitrogen and oxygen atoms in total. The number of benzene rings is 1. The number of nitrogens with one attached hydrogen (secondary N) is 2. The van der Waals surface area contributed by atoms with Crippen molar-refractivity contribution in [1.82, 2.24) is 15.5 Å². The zero-order valence-corrected chi connectivity index (χ0v) is 21.9. The molecule has 1 fully saturated rings. The van der Waals surface area contributed by atoms with E-state index >= 15 is 0 Å². The fourth-order valence-corrected chi connectivity index (χ4v) is 4.40. The Hall–Kier alpha value is -4.48. The van der Waals surface area contributed by atoms with Crippen LogP contribution >= 0.6 is 0 Å². The second-order valence-electron chi connectivity index (χ2n) is 9.12. The molecule has 1 aromatic carbocycles. The molecule has 0 spiro atoms. The molecule has 2 aromatic rings. The number of esters is 1. The molecule has 3 rings (SSSR count). The van der Waals surface area contributed by atoms with Crippen LogP contribution in [0.1, 0.15) is 48.0 Å². The normalized spacial score (nSPS) is 16.4. The predicted octanol–water partition coefficient (Wildman–Crippen LogP) is 1.20. The summed E-state index contributed by atoms with van der Waals surface area (Å²) in [5.41, 5.74) is 0.964. The van der Waals surface area contributed by atoms with Crippen LogP contribution < -0.4 is 15.2 Å². The lowest BCUT2D eigenvalue weighted by Crippen LogP contribution is -2.50. The van der Waals surface area contributed by atoms with E-state index in [1.807, 2.05) is 30.3 Å².